The molecule has 1 fully saturated rings. The summed E-state index contributed by atoms with van der Waals surface area (Å²) in [6.07, 6.45) is 7.30. The van der Waals surface area contributed by atoms with Crippen LogP contribution in [0.5, 0.6) is 5.75 Å². The molecule has 1 aliphatic heterocycles. The molecule has 124 valence electrons. The first-order chi connectivity index (χ1) is 12.1. The number of rotatable bonds is 1. The minimum Gasteiger partial charge on any atom is -0.439 e. The van der Waals surface area contributed by atoms with Gasteiger partial charge in [-0.1, -0.05) is 24.3 Å². The highest BCUT2D eigenvalue weighted by Crippen LogP contribution is 2.60. The molecule has 1 saturated carbocycles. The zero-order valence-electron chi connectivity index (χ0n) is 13.5. The van der Waals surface area contributed by atoms with Crippen LogP contribution in [-0.2, 0) is 0 Å². The lowest BCUT2D eigenvalue weighted by molar-refractivity contribution is 0.299. The summed E-state index contributed by atoms with van der Waals surface area (Å²) in [5.41, 5.74) is 6.63. The highest BCUT2D eigenvalue weighted by molar-refractivity contribution is 5.85. The number of hydrogen-bond donors (Lipinski definition) is 1. The van der Waals surface area contributed by atoms with Crippen LogP contribution in [-0.4, -0.2) is 0 Å². The lowest BCUT2D eigenvalue weighted by Gasteiger charge is -2.36. The summed E-state index contributed by atoms with van der Waals surface area (Å²) in [7, 11) is 0. The zero-order chi connectivity index (χ0) is 17.2. The average Bonchev–Trinajstić information content (AvgIpc) is 3.23. The Morgan fingerprint density at radius 3 is 2.84 bits per heavy atom. The van der Waals surface area contributed by atoms with Crippen LogP contribution in [0.4, 0.5) is 0 Å². The smallest absolute Gasteiger partial charge is 0.343 e. The second-order valence-corrected chi connectivity index (χ2v) is 7.15. The molecule has 1 aromatic carbocycles. The van der Waals surface area contributed by atoms with Crippen LogP contribution in [0, 0.1) is 22.7 Å². The summed E-state index contributed by atoms with van der Waals surface area (Å²) in [6, 6.07) is 9.43. The molecule has 2 aliphatic carbocycles. The van der Waals surface area contributed by atoms with E-state index in [2.05, 4.69) is 18.2 Å². The van der Waals surface area contributed by atoms with Gasteiger partial charge in [-0.05, 0) is 37.3 Å². The van der Waals surface area contributed by atoms with Crippen molar-refractivity contribution in [2.75, 3.05) is 0 Å². The van der Waals surface area contributed by atoms with Gasteiger partial charge < -0.3 is 14.9 Å². The second-order valence-electron chi connectivity index (χ2n) is 7.15. The maximum atomic E-state index is 12.8. The molecule has 0 unspecified atom stereocenters. The van der Waals surface area contributed by atoms with Gasteiger partial charge in [0, 0.05) is 11.3 Å². The molecule has 2 aromatic rings. The van der Waals surface area contributed by atoms with E-state index >= 15 is 0 Å². The van der Waals surface area contributed by atoms with Crippen molar-refractivity contribution in [3.63, 3.8) is 0 Å². The number of hydrogen-bond acceptors (Lipinski definition) is 5. The molecule has 5 nitrogen and oxygen atoms in total. The van der Waals surface area contributed by atoms with Crippen LogP contribution < -0.4 is 16.1 Å². The molecule has 3 atom stereocenters. The summed E-state index contributed by atoms with van der Waals surface area (Å²) >= 11 is 0. The van der Waals surface area contributed by atoms with Gasteiger partial charge in [0.25, 0.3) is 0 Å². The van der Waals surface area contributed by atoms with Gasteiger partial charge in [0.1, 0.15) is 11.7 Å². The Morgan fingerprint density at radius 1 is 1.32 bits per heavy atom. The molecule has 0 spiro atoms. The minimum atomic E-state index is -0.447. The van der Waals surface area contributed by atoms with Gasteiger partial charge in [0.15, 0.2) is 5.75 Å². The third-order valence-corrected chi connectivity index (χ3v) is 5.87. The van der Waals surface area contributed by atoms with Gasteiger partial charge >= 0.3 is 5.63 Å². The molecular weight excluding hydrogens is 316 g/mol. The van der Waals surface area contributed by atoms with Gasteiger partial charge in [-0.2, -0.15) is 5.26 Å². The number of ether oxygens (including phenoxy) is 1. The number of nitriles is 1. The van der Waals surface area contributed by atoms with E-state index in [-0.39, 0.29) is 11.3 Å². The number of benzene rings is 1. The summed E-state index contributed by atoms with van der Waals surface area (Å²) in [6.45, 7) is 0. The number of fused-ring (bicyclic) bond motifs is 5. The van der Waals surface area contributed by atoms with Crippen molar-refractivity contribution < 1.29 is 9.15 Å². The first kappa shape index (κ1) is 14.4. The van der Waals surface area contributed by atoms with Gasteiger partial charge in [-0.15, -0.1) is 0 Å². The molecule has 0 amide bonds. The molecule has 5 rings (SSSR count). The third kappa shape index (κ3) is 1.79. The molecule has 1 aromatic heterocycles. The molecule has 0 radical (unpaired) electrons. The number of allylic oxidation sites excluding steroid dienone is 3. The second kappa shape index (κ2) is 4.76. The van der Waals surface area contributed by atoms with Crippen molar-refractivity contribution in [3.05, 3.63) is 63.9 Å². The van der Waals surface area contributed by atoms with Crippen molar-refractivity contribution in [1.82, 2.24) is 0 Å². The standard InChI is InChI=1S/C20H16N2O3/c21-10-13-16(20-7-5-11(9-20)6-8-20)15-17(25-18(13)22)12-3-1-2-4-14(12)24-19(15)23/h1-5,7,11,16H,6,8-9,22H2/t11-,16-,20+/m1/s1. The van der Waals surface area contributed by atoms with Gasteiger partial charge in [0.05, 0.1) is 16.5 Å². The fraction of sp³-hybridized carbons (Fsp3) is 0.300. The molecule has 0 saturated heterocycles. The Hall–Kier alpha value is -3.00. The summed E-state index contributed by atoms with van der Waals surface area (Å²) in [5, 5.41) is 10.4. The molecule has 2 N–H and O–H groups in total. The van der Waals surface area contributed by atoms with Crippen molar-refractivity contribution >= 4 is 11.0 Å². The van der Waals surface area contributed by atoms with Gasteiger partial charge in [-0.3, -0.25) is 0 Å². The molecule has 25 heavy (non-hydrogen) atoms. The first-order valence-electron chi connectivity index (χ1n) is 8.46. The predicted molar refractivity (Wildman–Crippen MR) is 91.6 cm³/mol. The molecule has 5 heteroatoms. The van der Waals surface area contributed by atoms with Crippen LogP contribution in [0.1, 0.15) is 30.7 Å². The van der Waals surface area contributed by atoms with E-state index in [4.69, 9.17) is 14.9 Å². The molecular formula is C20H16N2O3. The maximum absolute atomic E-state index is 12.8. The predicted octanol–water partition coefficient (Wildman–Crippen LogP) is 3.32. The van der Waals surface area contributed by atoms with E-state index < -0.39 is 11.5 Å². The normalized spacial score (nSPS) is 29.6. The zero-order valence-corrected chi connectivity index (χ0v) is 13.5. The first-order valence-corrected chi connectivity index (χ1v) is 8.46. The molecule has 3 aliphatic rings. The Kier molecular flexibility index (Phi) is 2.73. The number of nitrogens with zero attached hydrogens (tertiary/aromatic N) is 1. The van der Waals surface area contributed by atoms with Crippen molar-refractivity contribution in [1.29, 1.82) is 5.26 Å². The Bertz CT molecular complexity index is 1070. The number of para-hydroxylation sites is 1. The highest BCUT2D eigenvalue weighted by atomic mass is 16.5. The monoisotopic (exact) mass is 332 g/mol. The summed E-state index contributed by atoms with van der Waals surface area (Å²) < 4.78 is 11.3. The van der Waals surface area contributed by atoms with Gasteiger partial charge in [0.2, 0.25) is 5.88 Å². The minimum absolute atomic E-state index is 0.0916. The quantitative estimate of drug-likeness (QED) is 0.639. The van der Waals surface area contributed by atoms with E-state index in [1.54, 1.807) is 12.1 Å². The number of nitrogens with two attached hydrogens (primary N) is 1. The highest BCUT2D eigenvalue weighted by Gasteiger charge is 2.52. The van der Waals surface area contributed by atoms with Crippen LogP contribution in [0.3, 0.4) is 0 Å². The summed E-state index contributed by atoms with van der Waals surface area (Å²) in [5.74, 6) is 0.631. The van der Waals surface area contributed by atoms with Gasteiger partial charge in [-0.25, -0.2) is 4.79 Å². The molecule has 2 bridgehead atoms. The molecule has 2 heterocycles. The topological polar surface area (TPSA) is 89.3 Å². The van der Waals surface area contributed by atoms with E-state index in [9.17, 15) is 10.1 Å². The van der Waals surface area contributed by atoms with Crippen LogP contribution in [0.25, 0.3) is 11.0 Å². The fourth-order valence-electron chi connectivity index (χ4n) is 4.79. The average molecular weight is 332 g/mol. The maximum Gasteiger partial charge on any atom is 0.343 e. The lowest BCUT2D eigenvalue weighted by atomic mass is 9.67. The van der Waals surface area contributed by atoms with Crippen molar-refractivity contribution in [3.8, 4) is 11.8 Å². The Balaban J connectivity index is 1.85. The van der Waals surface area contributed by atoms with E-state index in [0.717, 1.165) is 19.3 Å². The van der Waals surface area contributed by atoms with E-state index in [0.29, 0.717) is 33.8 Å². The SMILES string of the molecule is N#CC1=C(N)Oc2c(c(=O)oc3ccccc23)[C@@H]1[C@@]12C=C[C@H](CC1)C2. The van der Waals surface area contributed by atoms with E-state index in [1.165, 1.54) is 0 Å². The van der Waals surface area contributed by atoms with Crippen molar-refractivity contribution in [2.45, 2.75) is 25.2 Å². The van der Waals surface area contributed by atoms with E-state index in [1.807, 2.05) is 12.1 Å². The van der Waals surface area contributed by atoms with Crippen molar-refractivity contribution in [2.24, 2.45) is 17.1 Å². The largest absolute Gasteiger partial charge is 0.439 e. The lowest BCUT2D eigenvalue weighted by Crippen LogP contribution is -2.34. The fourth-order valence-corrected chi connectivity index (χ4v) is 4.79. The summed E-state index contributed by atoms with van der Waals surface area (Å²) in [4.78, 5) is 12.8. The van der Waals surface area contributed by atoms with Crippen LogP contribution in [0.15, 0.2) is 57.1 Å². The third-order valence-electron chi connectivity index (χ3n) is 5.87. The Morgan fingerprint density at radius 2 is 2.16 bits per heavy atom. The van der Waals surface area contributed by atoms with Crippen LogP contribution in [0.2, 0.25) is 0 Å². The Labute approximate surface area is 144 Å². The van der Waals surface area contributed by atoms with Crippen LogP contribution >= 0.6 is 0 Å².